The first-order valence-corrected chi connectivity index (χ1v) is 6.25. The molecule has 0 aromatic rings. The van der Waals surface area contributed by atoms with Gasteiger partial charge in [-0.3, -0.25) is 4.79 Å². The molecule has 0 aliphatic carbocycles. The minimum Gasteiger partial charge on any atom is -0.281 e. The molecule has 1 atom stereocenters. The molecule has 0 bridgehead atoms. The fourth-order valence-electron chi connectivity index (χ4n) is 1.52. The Morgan fingerprint density at radius 2 is 1.57 bits per heavy atom. The molecule has 0 saturated carbocycles. The van der Waals surface area contributed by atoms with Crippen molar-refractivity contribution in [3.63, 3.8) is 0 Å². The molecule has 0 amide bonds. The number of hydrogen-bond acceptors (Lipinski definition) is 1. The van der Waals surface area contributed by atoms with Crippen LogP contribution in [0.2, 0.25) is 0 Å². The summed E-state index contributed by atoms with van der Waals surface area (Å²) in [5.41, 5.74) is 0. The highest BCUT2D eigenvalue weighted by molar-refractivity contribution is 6.63. The molecular formula is C12H23ClO. The molecule has 0 rings (SSSR count). The third-order valence-corrected chi connectivity index (χ3v) is 3.00. The van der Waals surface area contributed by atoms with Gasteiger partial charge >= 0.3 is 0 Å². The Morgan fingerprint density at radius 3 is 2.07 bits per heavy atom. The van der Waals surface area contributed by atoms with E-state index in [1.807, 2.05) is 6.92 Å². The normalized spacial score (nSPS) is 12.8. The van der Waals surface area contributed by atoms with Crippen LogP contribution in [-0.4, -0.2) is 5.24 Å². The van der Waals surface area contributed by atoms with E-state index in [9.17, 15) is 4.79 Å². The van der Waals surface area contributed by atoms with Gasteiger partial charge in [-0.1, -0.05) is 58.8 Å². The van der Waals surface area contributed by atoms with Crippen molar-refractivity contribution in [2.45, 2.75) is 65.2 Å². The second-order valence-corrected chi connectivity index (χ2v) is 4.49. The van der Waals surface area contributed by atoms with Gasteiger partial charge < -0.3 is 0 Å². The largest absolute Gasteiger partial charge is 0.281 e. The van der Waals surface area contributed by atoms with Crippen molar-refractivity contribution in [3.05, 3.63) is 0 Å². The second kappa shape index (κ2) is 9.51. The lowest BCUT2D eigenvalue weighted by Crippen LogP contribution is -2.02. The Morgan fingerprint density at radius 1 is 1.07 bits per heavy atom. The maximum absolute atomic E-state index is 10.7. The van der Waals surface area contributed by atoms with Gasteiger partial charge in [0.2, 0.25) is 5.24 Å². The highest BCUT2D eigenvalue weighted by Crippen LogP contribution is 2.14. The molecule has 2 heteroatoms. The Balaban J connectivity index is 3.09. The van der Waals surface area contributed by atoms with Crippen LogP contribution in [0.4, 0.5) is 0 Å². The highest BCUT2D eigenvalue weighted by atomic mass is 35.5. The fourth-order valence-corrected chi connectivity index (χ4v) is 1.63. The summed E-state index contributed by atoms with van der Waals surface area (Å²) in [6, 6.07) is 0. The molecule has 0 aliphatic heterocycles. The molecule has 0 aromatic carbocycles. The van der Waals surface area contributed by atoms with Crippen molar-refractivity contribution in [3.8, 4) is 0 Å². The zero-order valence-electron chi connectivity index (χ0n) is 9.52. The summed E-state index contributed by atoms with van der Waals surface area (Å²) in [6.45, 7) is 4.14. The maximum atomic E-state index is 10.7. The monoisotopic (exact) mass is 218 g/mol. The molecular weight excluding hydrogens is 196 g/mol. The summed E-state index contributed by atoms with van der Waals surface area (Å²) in [4.78, 5) is 10.7. The maximum Gasteiger partial charge on any atom is 0.224 e. The minimum atomic E-state index is -0.184. The van der Waals surface area contributed by atoms with Crippen LogP contribution in [0.5, 0.6) is 0 Å². The Hall–Kier alpha value is -0.0400. The Kier molecular flexibility index (Phi) is 9.49. The van der Waals surface area contributed by atoms with E-state index >= 15 is 0 Å². The van der Waals surface area contributed by atoms with E-state index in [-0.39, 0.29) is 11.2 Å². The standard InChI is InChI=1S/C12H23ClO/c1-3-4-5-6-7-8-9-10-11(2)12(13)14/h11H,3-10H2,1-2H3/t11-/m0/s1. The van der Waals surface area contributed by atoms with Gasteiger partial charge in [0.15, 0.2) is 0 Å². The van der Waals surface area contributed by atoms with Crippen LogP contribution in [0, 0.1) is 5.92 Å². The summed E-state index contributed by atoms with van der Waals surface area (Å²) in [7, 11) is 0. The molecule has 84 valence electrons. The van der Waals surface area contributed by atoms with Crippen LogP contribution in [0.3, 0.4) is 0 Å². The van der Waals surface area contributed by atoms with E-state index in [4.69, 9.17) is 11.6 Å². The van der Waals surface area contributed by atoms with Gasteiger partial charge in [-0.15, -0.1) is 0 Å². The molecule has 0 aromatic heterocycles. The second-order valence-electron chi connectivity index (χ2n) is 4.12. The smallest absolute Gasteiger partial charge is 0.224 e. The number of rotatable bonds is 9. The molecule has 1 nitrogen and oxygen atoms in total. The number of unbranched alkanes of at least 4 members (excludes halogenated alkanes) is 6. The minimum absolute atomic E-state index is 0.0484. The molecule has 14 heavy (non-hydrogen) atoms. The molecule has 0 fully saturated rings. The lowest BCUT2D eigenvalue weighted by molar-refractivity contribution is -0.114. The predicted octanol–water partition coefficient (Wildman–Crippen LogP) is 4.53. The molecule has 0 saturated heterocycles. The van der Waals surface area contributed by atoms with Crippen LogP contribution in [0.25, 0.3) is 0 Å². The number of hydrogen-bond donors (Lipinski definition) is 0. The first-order chi connectivity index (χ1) is 6.68. The molecule has 0 aliphatic rings. The number of halogens is 1. The van der Waals surface area contributed by atoms with Gasteiger partial charge in [0.25, 0.3) is 0 Å². The first-order valence-electron chi connectivity index (χ1n) is 5.87. The van der Waals surface area contributed by atoms with E-state index in [1.54, 1.807) is 0 Å². The predicted molar refractivity (Wildman–Crippen MR) is 62.6 cm³/mol. The lowest BCUT2D eigenvalue weighted by Gasteiger charge is -2.05. The molecule has 0 spiro atoms. The van der Waals surface area contributed by atoms with Crippen molar-refractivity contribution in [1.82, 2.24) is 0 Å². The summed E-state index contributed by atoms with van der Waals surface area (Å²) in [6.07, 6.45) is 10.0. The number of carbonyl (C=O) groups excluding carboxylic acids is 1. The van der Waals surface area contributed by atoms with Crippen LogP contribution >= 0.6 is 11.6 Å². The molecule has 0 unspecified atom stereocenters. The van der Waals surface area contributed by atoms with Crippen molar-refractivity contribution in [2.24, 2.45) is 5.92 Å². The van der Waals surface area contributed by atoms with E-state index < -0.39 is 0 Å². The zero-order chi connectivity index (χ0) is 10.8. The third kappa shape index (κ3) is 8.55. The van der Waals surface area contributed by atoms with Crippen LogP contribution in [0.15, 0.2) is 0 Å². The topological polar surface area (TPSA) is 17.1 Å². The van der Waals surface area contributed by atoms with Gasteiger partial charge in [0.1, 0.15) is 0 Å². The van der Waals surface area contributed by atoms with Crippen LogP contribution < -0.4 is 0 Å². The first kappa shape index (κ1) is 14.0. The van der Waals surface area contributed by atoms with E-state index in [2.05, 4.69) is 6.92 Å². The van der Waals surface area contributed by atoms with Gasteiger partial charge in [-0.2, -0.15) is 0 Å². The van der Waals surface area contributed by atoms with Crippen LogP contribution in [-0.2, 0) is 4.79 Å². The van der Waals surface area contributed by atoms with Gasteiger partial charge in [-0.25, -0.2) is 0 Å². The van der Waals surface area contributed by atoms with Crippen molar-refractivity contribution in [2.75, 3.05) is 0 Å². The van der Waals surface area contributed by atoms with Gasteiger partial charge in [0, 0.05) is 5.92 Å². The lowest BCUT2D eigenvalue weighted by atomic mass is 10.0. The summed E-state index contributed by atoms with van der Waals surface area (Å²) in [5, 5.41) is -0.184. The van der Waals surface area contributed by atoms with E-state index in [0.717, 1.165) is 12.8 Å². The van der Waals surface area contributed by atoms with E-state index in [0.29, 0.717) is 0 Å². The summed E-state index contributed by atoms with van der Waals surface area (Å²) >= 11 is 5.37. The Labute approximate surface area is 93.2 Å². The van der Waals surface area contributed by atoms with Crippen LogP contribution in [0.1, 0.15) is 65.2 Å². The van der Waals surface area contributed by atoms with E-state index in [1.165, 1.54) is 38.5 Å². The zero-order valence-corrected chi connectivity index (χ0v) is 10.3. The Bertz CT molecular complexity index is 145. The third-order valence-electron chi connectivity index (χ3n) is 2.63. The molecule has 0 N–H and O–H groups in total. The SMILES string of the molecule is CCCCCCCCC[C@H](C)C(=O)Cl. The van der Waals surface area contributed by atoms with Gasteiger partial charge in [0.05, 0.1) is 0 Å². The quantitative estimate of drug-likeness (QED) is 0.411. The highest BCUT2D eigenvalue weighted by Gasteiger charge is 2.08. The fraction of sp³-hybridized carbons (Fsp3) is 0.917. The average Bonchev–Trinajstić information content (AvgIpc) is 2.16. The van der Waals surface area contributed by atoms with Crippen molar-refractivity contribution in [1.29, 1.82) is 0 Å². The summed E-state index contributed by atoms with van der Waals surface area (Å²) < 4.78 is 0. The average molecular weight is 219 g/mol. The van der Waals surface area contributed by atoms with Gasteiger partial charge in [-0.05, 0) is 18.0 Å². The van der Waals surface area contributed by atoms with Crippen molar-refractivity contribution >= 4 is 16.8 Å². The van der Waals surface area contributed by atoms with Crippen molar-refractivity contribution < 1.29 is 4.79 Å². The molecule has 0 radical (unpaired) electrons. The summed E-state index contributed by atoms with van der Waals surface area (Å²) in [5.74, 6) is 0.0484. The number of carbonyl (C=O) groups is 1. The molecule has 0 heterocycles.